The first-order valence-corrected chi connectivity index (χ1v) is 6.58. The van der Waals surface area contributed by atoms with Gasteiger partial charge in [0.1, 0.15) is 7.85 Å². The largest absolute Gasteiger partial charge is 0.350 e. The maximum Gasteiger partial charge on any atom is 0.217 e. The van der Waals surface area contributed by atoms with Crippen molar-refractivity contribution in [1.29, 1.82) is 0 Å². The normalized spacial score (nSPS) is 36.2. The average molecular weight is 238 g/mol. The van der Waals surface area contributed by atoms with Gasteiger partial charge in [0.05, 0.1) is 0 Å². The van der Waals surface area contributed by atoms with E-state index >= 15 is 0 Å². The van der Waals surface area contributed by atoms with E-state index in [9.17, 15) is 4.79 Å². The summed E-state index contributed by atoms with van der Waals surface area (Å²) in [7, 11) is 1.94. The summed E-state index contributed by atoms with van der Waals surface area (Å²) >= 11 is 0. The lowest BCUT2D eigenvalue weighted by Crippen LogP contribution is -2.47. The standard InChI is InChI=1S/C13H27BN2O/c1-7-12(5,15)9-8(2)13(9,6)16-10(17)11(3,4)14/h8-9H,7,14-15H2,1-6H3,(H,16,17)/t8?,9-,12?,13?/m1/s1. The van der Waals surface area contributed by atoms with Crippen LogP contribution < -0.4 is 11.1 Å². The van der Waals surface area contributed by atoms with E-state index < -0.39 is 0 Å². The second kappa shape index (κ2) is 4.01. The molecule has 1 rings (SSSR count). The van der Waals surface area contributed by atoms with Crippen LogP contribution in [0.1, 0.15) is 48.0 Å². The zero-order valence-corrected chi connectivity index (χ0v) is 12.3. The Bertz CT molecular complexity index is 322. The Hall–Kier alpha value is -0.505. The number of amides is 1. The Balaban J connectivity index is 2.77. The van der Waals surface area contributed by atoms with E-state index in [0.29, 0.717) is 11.8 Å². The van der Waals surface area contributed by atoms with Crippen molar-refractivity contribution in [3.8, 4) is 0 Å². The highest BCUT2D eigenvalue weighted by Gasteiger charge is 2.65. The van der Waals surface area contributed by atoms with Crippen LogP contribution in [0.15, 0.2) is 0 Å². The summed E-state index contributed by atoms with van der Waals surface area (Å²) in [6, 6.07) is 0. The number of nitrogens with two attached hydrogens (primary N) is 1. The topological polar surface area (TPSA) is 55.1 Å². The maximum absolute atomic E-state index is 12.1. The molecule has 1 aliphatic rings. The third-order valence-electron chi connectivity index (χ3n) is 4.52. The molecule has 4 heteroatoms. The molecule has 1 saturated carbocycles. The van der Waals surface area contributed by atoms with E-state index in [2.05, 4.69) is 33.0 Å². The lowest BCUT2D eigenvalue weighted by Gasteiger charge is -2.28. The van der Waals surface area contributed by atoms with Crippen molar-refractivity contribution in [2.24, 2.45) is 17.6 Å². The van der Waals surface area contributed by atoms with Crippen LogP contribution in [0.3, 0.4) is 0 Å². The van der Waals surface area contributed by atoms with Gasteiger partial charge < -0.3 is 11.1 Å². The molecule has 3 nitrogen and oxygen atoms in total. The highest BCUT2D eigenvalue weighted by atomic mass is 16.2. The Labute approximate surface area is 106 Å². The third kappa shape index (κ3) is 2.52. The Morgan fingerprint density at radius 2 is 1.94 bits per heavy atom. The van der Waals surface area contributed by atoms with Crippen LogP contribution in [0.2, 0.25) is 5.31 Å². The van der Waals surface area contributed by atoms with Crippen molar-refractivity contribution in [3.63, 3.8) is 0 Å². The second-order valence-corrected chi connectivity index (χ2v) is 7.11. The molecule has 1 aliphatic carbocycles. The van der Waals surface area contributed by atoms with Gasteiger partial charge in [0.2, 0.25) is 5.91 Å². The van der Waals surface area contributed by atoms with Crippen LogP contribution in [0.4, 0.5) is 0 Å². The van der Waals surface area contributed by atoms with Crippen LogP contribution in [-0.4, -0.2) is 24.8 Å². The molecule has 3 unspecified atom stereocenters. The van der Waals surface area contributed by atoms with E-state index in [0.717, 1.165) is 6.42 Å². The summed E-state index contributed by atoms with van der Waals surface area (Å²) in [5.74, 6) is 0.927. The minimum atomic E-state index is -0.340. The zero-order chi connectivity index (χ0) is 13.6. The average Bonchev–Trinajstić information content (AvgIpc) is 2.67. The number of carbonyl (C=O) groups excluding carboxylic acids is 1. The maximum atomic E-state index is 12.1. The van der Waals surface area contributed by atoms with Gasteiger partial charge in [-0.25, -0.2) is 0 Å². The molecular formula is C13H27BN2O. The molecule has 0 heterocycles. The third-order valence-corrected chi connectivity index (χ3v) is 4.52. The summed E-state index contributed by atoms with van der Waals surface area (Å²) < 4.78 is 0. The van der Waals surface area contributed by atoms with Gasteiger partial charge in [0.25, 0.3) is 0 Å². The quantitative estimate of drug-likeness (QED) is 0.720. The molecule has 0 aliphatic heterocycles. The zero-order valence-electron chi connectivity index (χ0n) is 12.3. The number of nitrogens with one attached hydrogen (secondary N) is 1. The van der Waals surface area contributed by atoms with Crippen LogP contribution >= 0.6 is 0 Å². The molecule has 0 bridgehead atoms. The summed E-state index contributed by atoms with van der Waals surface area (Å²) in [5, 5.41) is 2.85. The molecule has 0 aromatic heterocycles. The van der Waals surface area contributed by atoms with Gasteiger partial charge in [-0.15, -0.1) is 0 Å². The lowest BCUT2D eigenvalue weighted by atomic mass is 9.71. The molecule has 98 valence electrons. The molecule has 0 spiro atoms. The van der Waals surface area contributed by atoms with Crippen LogP contribution in [0, 0.1) is 11.8 Å². The molecular weight excluding hydrogens is 211 g/mol. The predicted molar refractivity (Wildman–Crippen MR) is 74.7 cm³/mol. The van der Waals surface area contributed by atoms with E-state index in [-0.39, 0.29) is 22.3 Å². The highest BCUT2D eigenvalue weighted by Crippen LogP contribution is 2.56. The van der Waals surface area contributed by atoms with Gasteiger partial charge in [-0.3, -0.25) is 4.79 Å². The van der Waals surface area contributed by atoms with Gasteiger partial charge >= 0.3 is 0 Å². The van der Waals surface area contributed by atoms with Crippen LogP contribution in [-0.2, 0) is 4.79 Å². The monoisotopic (exact) mass is 238 g/mol. The minimum Gasteiger partial charge on any atom is -0.350 e. The van der Waals surface area contributed by atoms with Gasteiger partial charge in [0.15, 0.2) is 0 Å². The number of carbonyl (C=O) groups is 1. The Kier molecular flexibility index (Phi) is 3.43. The smallest absolute Gasteiger partial charge is 0.217 e. The van der Waals surface area contributed by atoms with Crippen molar-refractivity contribution >= 4 is 13.8 Å². The molecule has 17 heavy (non-hydrogen) atoms. The van der Waals surface area contributed by atoms with E-state index in [1.165, 1.54) is 0 Å². The van der Waals surface area contributed by atoms with Crippen molar-refractivity contribution in [2.75, 3.05) is 0 Å². The molecule has 0 aromatic rings. The van der Waals surface area contributed by atoms with Crippen molar-refractivity contribution in [2.45, 2.75) is 64.4 Å². The van der Waals surface area contributed by atoms with Crippen molar-refractivity contribution in [3.05, 3.63) is 0 Å². The number of hydrogen-bond acceptors (Lipinski definition) is 2. The Morgan fingerprint density at radius 3 is 2.29 bits per heavy atom. The molecule has 0 aromatic carbocycles. The van der Waals surface area contributed by atoms with Gasteiger partial charge in [-0.2, -0.15) is 0 Å². The van der Waals surface area contributed by atoms with Crippen LogP contribution in [0.5, 0.6) is 0 Å². The van der Waals surface area contributed by atoms with Gasteiger partial charge in [0, 0.05) is 22.3 Å². The summed E-state index contributed by atoms with van der Waals surface area (Å²) in [6.07, 6.45) is 0.934. The fourth-order valence-electron chi connectivity index (χ4n) is 2.83. The van der Waals surface area contributed by atoms with E-state index in [1.54, 1.807) is 0 Å². The molecule has 0 radical (unpaired) electrons. The second-order valence-electron chi connectivity index (χ2n) is 7.11. The summed E-state index contributed by atoms with van der Waals surface area (Å²) in [4.78, 5) is 12.1. The number of hydrogen-bond donors (Lipinski definition) is 2. The van der Waals surface area contributed by atoms with Gasteiger partial charge in [-0.05, 0) is 26.2 Å². The van der Waals surface area contributed by atoms with Crippen LogP contribution in [0.25, 0.3) is 0 Å². The SMILES string of the molecule is BC(C)(C)C(=O)NC1(C)C(C)[C@@H]1C(C)(N)CC. The predicted octanol–water partition coefficient (Wildman–Crippen LogP) is 1.09. The van der Waals surface area contributed by atoms with E-state index in [4.69, 9.17) is 5.73 Å². The number of rotatable bonds is 4. The summed E-state index contributed by atoms with van der Waals surface area (Å²) in [6.45, 7) is 12.4. The molecule has 1 fully saturated rings. The Morgan fingerprint density at radius 1 is 1.47 bits per heavy atom. The highest BCUT2D eigenvalue weighted by molar-refractivity contribution is 6.27. The van der Waals surface area contributed by atoms with Gasteiger partial charge in [-0.1, -0.05) is 27.7 Å². The first kappa shape index (κ1) is 14.6. The first-order chi connectivity index (χ1) is 7.47. The fraction of sp³-hybridized carbons (Fsp3) is 0.923. The molecule has 4 atom stereocenters. The molecule has 1 amide bonds. The fourth-order valence-corrected chi connectivity index (χ4v) is 2.83. The first-order valence-electron chi connectivity index (χ1n) is 6.58. The molecule has 3 N–H and O–H groups in total. The minimum absolute atomic E-state index is 0.112. The van der Waals surface area contributed by atoms with Crippen molar-refractivity contribution < 1.29 is 4.79 Å². The lowest BCUT2D eigenvalue weighted by molar-refractivity contribution is -0.124. The summed E-state index contributed by atoms with van der Waals surface area (Å²) in [5.41, 5.74) is 5.99. The van der Waals surface area contributed by atoms with E-state index in [1.807, 2.05) is 21.7 Å². The van der Waals surface area contributed by atoms with Crippen molar-refractivity contribution in [1.82, 2.24) is 5.32 Å². The molecule has 0 saturated heterocycles.